The van der Waals surface area contributed by atoms with Crippen LogP contribution in [0.1, 0.15) is 24.1 Å². The van der Waals surface area contributed by atoms with Gasteiger partial charge in [0.15, 0.2) is 0 Å². The zero-order valence-corrected chi connectivity index (χ0v) is 13.8. The maximum atomic E-state index is 10.2. The molecular weight excluding hydrogens is 338 g/mol. The number of fused-ring (bicyclic) bond motifs is 1. The van der Waals surface area contributed by atoms with Gasteiger partial charge in [0, 0.05) is 16.3 Å². The highest BCUT2D eigenvalue weighted by Crippen LogP contribution is 2.33. The van der Waals surface area contributed by atoms with Gasteiger partial charge in [0.25, 0.3) is 0 Å². The number of hydrogen-bond acceptors (Lipinski definition) is 2. The minimum atomic E-state index is -0.116. The lowest BCUT2D eigenvalue weighted by Crippen LogP contribution is -1.94. The van der Waals surface area contributed by atoms with E-state index < -0.39 is 0 Å². The van der Waals surface area contributed by atoms with Crippen LogP contribution >= 0.6 is 15.9 Å². The highest BCUT2D eigenvalue weighted by Gasteiger charge is 2.12. The van der Waals surface area contributed by atoms with Gasteiger partial charge in [-0.25, -0.2) is 0 Å². The number of phenolic OH excluding ortho intramolecular Hbond substituents is 1. The molecule has 3 heteroatoms. The van der Waals surface area contributed by atoms with E-state index in [1.165, 1.54) is 0 Å². The molecule has 0 saturated heterocycles. The van der Waals surface area contributed by atoms with Crippen molar-refractivity contribution in [1.82, 2.24) is 0 Å². The van der Waals surface area contributed by atoms with Crippen molar-refractivity contribution in [3.8, 4) is 5.75 Å². The van der Waals surface area contributed by atoms with Gasteiger partial charge in [-0.05, 0) is 41.5 Å². The van der Waals surface area contributed by atoms with Crippen LogP contribution in [0.4, 0.5) is 0 Å². The lowest BCUT2D eigenvalue weighted by Gasteiger charge is -2.13. The van der Waals surface area contributed by atoms with E-state index in [1.807, 2.05) is 67.7 Å². The normalized spacial score (nSPS) is 12.8. The molecule has 0 bridgehead atoms. The first-order valence-electron chi connectivity index (χ1n) is 7.14. The molecular formula is C19H16BrNO. The van der Waals surface area contributed by atoms with Gasteiger partial charge in [0.1, 0.15) is 5.75 Å². The molecule has 3 aromatic rings. The van der Waals surface area contributed by atoms with E-state index >= 15 is 0 Å². The Morgan fingerprint density at radius 3 is 2.50 bits per heavy atom. The molecule has 0 aliphatic heterocycles. The molecule has 3 aromatic carbocycles. The Labute approximate surface area is 138 Å². The van der Waals surface area contributed by atoms with Gasteiger partial charge in [-0.2, -0.15) is 0 Å². The standard InChI is InChI=1S/C19H16BrNO/c1-13(21-12-14-6-9-16(20)10-7-14)19-17-5-3-2-4-15(17)8-11-18(19)22/h2-13,22H,1H3. The molecule has 22 heavy (non-hydrogen) atoms. The first kappa shape index (κ1) is 14.8. The summed E-state index contributed by atoms with van der Waals surface area (Å²) in [5.74, 6) is 0.291. The number of halogens is 1. The molecule has 0 amide bonds. The van der Waals surface area contributed by atoms with E-state index in [4.69, 9.17) is 0 Å². The van der Waals surface area contributed by atoms with Gasteiger partial charge >= 0.3 is 0 Å². The Bertz CT molecular complexity index is 824. The van der Waals surface area contributed by atoms with Crippen molar-refractivity contribution in [2.24, 2.45) is 4.99 Å². The fourth-order valence-electron chi connectivity index (χ4n) is 2.54. The fraction of sp³-hybridized carbons (Fsp3) is 0.105. The van der Waals surface area contributed by atoms with E-state index in [2.05, 4.69) is 20.9 Å². The fourth-order valence-corrected chi connectivity index (χ4v) is 2.81. The van der Waals surface area contributed by atoms with Crippen LogP contribution in [0.25, 0.3) is 10.8 Å². The predicted molar refractivity (Wildman–Crippen MR) is 95.8 cm³/mol. The molecule has 0 radical (unpaired) electrons. The average Bonchev–Trinajstić information content (AvgIpc) is 2.54. The summed E-state index contributed by atoms with van der Waals surface area (Å²) >= 11 is 3.42. The summed E-state index contributed by atoms with van der Waals surface area (Å²) < 4.78 is 1.05. The molecule has 1 N–H and O–H groups in total. The summed E-state index contributed by atoms with van der Waals surface area (Å²) in [6.07, 6.45) is 1.85. The van der Waals surface area contributed by atoms with E-state index in [9.17, 15) is 5.11 Å². The summed E-state index contributed by atoms with van der Waals surface area (Å²) in [6.45, 7) is 2.00. The Hall–Kier alpha value is -2.13. The van der Waals surface area contributed by atoms with Crippen molar-refractivity contribution in [3.05, 3.63) is 76.3 Å². The van der Waals surface area contributed by atoms with Crippen LogP contribution in [0.15, 0.2) is 70.1 Å². The topological polar surface area (TPSA) is 32.6 Å². The number of aliphatic imine (C=N–C) groups is 1. The maximum Gasteiger partial charge on any atom is 0.121 e. The molecule has 0 fully saturated rings. The smallest absolute Gasteiger partial charge is 0.121 e. The van der Waals surface area contributed by atoms with Gasteiger partial charge in [0.2, 0.25) is 0 Å². The molecule has 2 nitrogen and oxygen atoms in total. The highest BCUT2D eigenvalue weighted by atomic mass is 79.9. The third-order valence-electron chi connectivity index (χ3n) is 3.68. The van der Waals surface area contributed by atoms with E-state index in [0.717, 1.165) is 26.4 Å². The van der Waals surface area contributed by atoms with E-state index in [-0.39, 0.29) is 6.04 Å². The van der Waals surface area contributed by atoms with Crippen LogP contribution in [0.3, 0.4) is 0 Å². The zero-order chi connectivity index (χ0) is 15.5. The first-order chi connectivity index (χ1) is 10.6. The number of benzene rings is 3. The SMILES string of the molecule is CC(N=Cc1ccc(Br)cc1)c1c(O)ccc2ccccc12. The van der Waals surface area contributed by atoms with Gasteiger partial charge in [-0.15, -0.1) is 0 Å². The molecule has 0 spiro atoms. The van der Waals surface area contributed by atoms with Gasteiger partial charge in [-0.3, -0.25) is 4.99 Å². The average molecular weight is 354 g/mol. The second-order valence-electron chi connectivity index (χ2n) is 5.23. The Balaban J connectivity index is 1.96. The lowest BCUT2D eigenvalue weighted by atomic mass is 9.99. The van der Waals surface area contributed by atoms with Crippen molar-refractivity contribution in [2.45, 2.75) is 13.0 Å². The second-order valence-corrected chi connectivity index (χ2v) is 6.14. The zero-order valence-electron chi connectivity index (χ0n) is 12.2. The number of rotatable bonds is 3. The summed E-state index contributed by atoms with van der Waals surface area (Å²) in [5.41, 5.74) is 1.90. The van der Waals surface area contributed by atoms with Crippen molar-refractivity contribution in [3.63, 3.8) is 0 Å². The van der Waals surface area contributed by atoms with Crippen molar-refractivity contribution < 1.29 is 5.11 Å². The first-order valence-corrected chi connectivity index (χ1v) is 7.94. The molecule has 0 aliphatic rings. The van der Waals surface area contributed by atoms with Crippen LogP contribution in [-0.4, -0.2) is 11.3 Å². The molecule has 0 aliphatic carbocycles. The van der Waals surface area contributed by atoms with Gasteiger partial charge in [0.05, 0.1) is 6.04 Å². The molecule has 1 unspecified atom stereocenters. The number of hydrogen-bond donors (Lipinski definition) is 1. The summed E-state index contributed by atoms with van der Waals surface area (Å²) in [7, 11) is 0. The lowest BCUT2D eigenvalue weighted by molar-refractivity contribution is 0.465. The molecule has 110 valence electrons. The Kier molecular flexibility index (Phi) is 4.25. The van der Waals surface area contributed by atoms with Crippen LogP contribution in [0.2, 0.25) is 0 Å². The van der Waals surface area contributed by atoms with E-state index in [1.54, 1.807) is 6.07 Å². The number of nitrogens with zero attached hydrogens (tertiary/aromatic N) is 1. The Morgan fingerprint density at radius 1 is 1.00 bits per heavy atom. The molecule has 0 aromatic heterocycles. The molecule has 3 rings (SSSR count). The van der Waals surface area contributed by atoms with E-state index in [0.29, 0.717) is 5.75 Å². The maximum absolute atomic E-state index is 10.2. The number of aromatic hydroxyl groups is 1. The highest BCUT2D eigenvalue weighted by molar-refractivity contribution is 9.10. The second kappa shape index (κ2) is 6.32. The Morgan fingerprint density at radius 2 is 1.73 bits per heavy atom. The van der Waals surface area contributed by atoms with Gasteiger partial charge < -0.3 is 5.11 Å². The molecule has 0 saturated carbocycles. The van der Waals surface area contributed by atoms with Crippen LogP contribution in [0.5, 0.6) is 5.75 Å². The summed E-state index contributed by atoms with van der Waals surface area (Å²) in [6, 6.07) is 19.6. The molecule has 1 atom stereocenters. The van der Waals surface area contributed by atoms with Crippen LogP contribution in [0, 0.1) is 0 Å². The summed E-state index contributed by atoms with van der Waals surface area (Å²) in [4.78, 5) is 4.60. The minimum Gasteiger partial charge on any atom is -0.508 e. The number of phenols is 1. The summed E-state index contributed by atoms with van der Waals surface area (Å²) in [5, 5.41) is 12.4. The van der Waals surface area contributed by atoms with Crippen molar-refractivity contribution >= 4 is 32.9 Å². The largest absolute Gasteiger partial charge is 0.508 e. The monoisotopic (exact) mass is 353 g/mol. The third kappa shape index (κ3) is 3.04. The van der Waals surface area contributed by atoms with Crippen LogP contribution < -0.4 is 0 Å². The minimum absolute atomic E-state index is 0.116. The predicted octanol–water partition coefficient (Wildman–Crippen LogP) is 5.49. The van der Waals surface area contributed by atoms with Gasteiger partial charge in [-0.1, -0.05) is 58.4 Å². The van der Waals surface area contributed by atoms with Crippen LogP contribution in [-0.2, 0) is 0 Å². The third-order valence-corrected chi connectivity index (χ3v) is 4.21. The van der Waals surface area contributed by atoms with Crippen molar-refractivity contribution in [1.29, 1.82) is 0 Å². The quantitative estimate of drug-likeness (QED) is 0.620. The molecule has 0 heterocycles. The van der Waals surface area contributed by atoms with Crippen molar-refractivity contribution in [2.75, 3.05) is 0 Å².